The van der Waals surface area contributed by atoms with E-state index in [-0.39, 0.29) is 18.9 Å². The first-order valence-electron chi connectivity index (χ1n) is 5.09. The van der Waals surface area contributed by atoms with E-state index >= 15 is 0 Å². The van der Waals surface area contributed by atoms with Crippen LogP contribution >= 0.6 is 11.6 Å². The van der Waals surface area contributed by atoms with Crippen molar-refractivity contribution in [2.24, 2.45) is 0 Å². The summed E-state index contributed by atoms with van der Waals surface area (Å²) in [6.45, 7) is 0.440. The van der Waals surface area contributed by atoms with Crippen LogP contribution in [0.1, 0.15) is 5.56 Å². The SMILES string of the molecule is CNC(CNCc1cc(Cl)ccc1F)C(=O)O. The standard InChI is InChI=1S/C11H14ClFN2O2/c1-14-10(11(16)17)6-15-5-7-4-8(12)2-3-9(7)13/h2-4,10,14-15H,5-6H2,1H3,(H,16,17). The van der Waals surface area contributed by atoms with Crippen LogP contribution < -0.4 is 10.6 Å². The van der Waals surface area contributed by atoms with Crippen molar-refractivity contribution in [3.05, 3.63) is 34.6 Å². The first-order valence-corrected chi connectivity index (χ1v) is 5.47. The number of carboxylic acid groups (broad SMARTS) is 1. The molecule has 0 bridgehead atoms. The number of carboxylic acids is 1. The van der Waals surface area contributed by atoms with Crippen LogP contribution in [0.5, 0.6) is 0 Å². The Labute approximate surface area is 104 Å². The van der Waals surface area contributed by atoms with E-state index in [2.05, 4.69) is 10.6 Å². The number of aliphatic carboxylic acids is 1. The molecule has 0 radical (unpaired) electrons. The molecule has 0 aliphatic heterocycles. The normalized spacial score (nSPS) is 12.4. The van der Waals surface area contributed by atoms with E-state index in [1.807, 2.05) is 0 Å². The molecule has 0 aliphatic rings. The number of nitrogens with one attached hydrogen (secondary N) is 2. The van der Waals surface area contributed by atoms with E-state index in [1.165, 1.54) is 18.2 Å². The number of carbonyl (C=O) groups is 1. The second-order valence-electron chi connectivity index (χ2n) is 3.55. The fourth-order valence-electron chi connectivity index (χ4n) is 1.34. The lowest BCUT2D eigenvalue weighted by atomic mass is 10.2. The molecular weight excluding hydrogens is 247 g/mol. The number of halogens is 2. The van der Waals surface area contributed by atoms with Crippen molar-refractivity contribution in [1.82, 2.24) is 10.6 Å². The summed E-state index contributed by atoms with van der Waals surface area (Å²) < 4.78 is 13.3. The minimum atomic E-state index is -0.952. The van der Waals surface area contributed by atoms with Crippen molar-refractivity contribution in [2.75, 3.05) is 13.6 Å². The van der Waals surface area contributed by atoms with Crippen molar-refractivity contribution < 1.29 is 14.3 Å². The van der Waals surface area contributed by atoms with Gasteiger partial charge in [-0.3, -0.25) is 4.79 Å². The van der Waals surface area contributed by atoms with Gasteiger partial charge in [-0.2, -0.15) is 0 Å². The summed E-state index contributed by atoms with van der Waals surface area (Å²) in [7, 11) is 1.56. The molecule has 1 atom stereocenters. The summed E-state index contributed by atoms with van der Waals surface area (Å²) in [4.78, 5) is 10.7. The van der Waals surface area contributed by atoms with E-state index < -0.39 is 12.0 Å². The summed E-state index contributed by atoms with van der Waals surface area (Å²) in [5, 5.41) is 14.7. The highest BCUT2D eigenvalue weighted by molar-refractivity contribution is 6.30. The number of hydrogen-bond donors (Lipinski definition) is 3. The number of hydrogen-bond acceptors (Lipinski definition) is 3. The molecule has 0 aromatic heterocycles. The molecule has 1 rings (SSSR count). The Balaban J connectivity index is 2.50. The van der Waals surface area contributed by atoms with E-state index in [4.69, 9.17) is 16.7 Å². The Morgan fingerprint density at radius 3 is 2.88 bits per heavy atom. The average Bonchev–Trinajstić information content (AvgIpc) is 2.28. The van der Waals surface area contributed by atoms with Gasteiger partial charge in [0.25, 0.3) is 0 Å². The van der Waals surface area contributed by atoms with Gasteiger partial charge in [-0.25, -0.2) is 4.39 Å². The molecule has 1 aromatic rings. The quantitative estimate of drug-likeness (QED) is 0.720. The van der Waals surface area contributed by atoms with Crippen molar-refractivity contribution in [1.29, 1.82) is 0 Å². The molecule has 0 heterocycles. The van der Waals surface area contributed by atoms with E-state index in [9.17, 15) is 9.18 Å². The Kier molecular flexibility index (Phi) is 5.34. The molecule has 3 N–H and O–H groups in total. The monoisotopic (exact) mass is 260 g/mol. The first kappa shape index (κ1) is 13.9. The molecule has 0 spiro atoms. The number of likely N-dealkylation sites (N-methyl/N-ethyl adjacent to an activating group) is 1. The molecular formula is C11H14ClFN2O2. The molecule has 6 heteroatoms. The molecule has 94 valence electrons. The Bertz CT molecular complexity index is 401. The molecule has 0 fully saturated rings. The second-order valence-corrected chi connectivity index (χ2v) is 3.98. The van der Waals surface area contributed by atoms with Crippen LogP contribution in [-0.2, 0) is 11.3 Å². The largest absolute Gasteiger partial charge is 0.480 e. The molecule has 17 heavy (non-hydrogen) atoms. The minimum absolute atomic E-state index is 0.206. The first-order chi connectivity index (χ1) is 8.04. The maximum absolute atomic E-state index is 13.3. The highest BCUT2D eigenvalue weighted by Gasteiger charge is 2.14. The maximum atomic E-state index is 13.3. The highest BCUT2D eigenvalue weighted by atomic mass is 35.5. The van der Waals surface area contributed by atoms with Crippen LogP contribution in [0.4, 0.5) is 4.39 Å². The van der Waals surface area contributed by atoms with Crippen molar-refractivity contribution in [3.63, 3.8) is 0 Å². The van der Waals surface area contributed by atoms with Gasteiger partial charge in [0.05, 0.1) is 0 Å². The van der Waals surface area contributed by atoms with Gasteiger partial charge in [0.1, 0.15) is 11.9 Å². The van der Waals surface area contributed by atoms with Crippen molar-refractivity contribution >= 4 is 17.6 Å². The summed E-state index contributed by atoms with van der Waals surface area (Å²) >= 11 is 5.74. The maximum Gasteiger partial charge on any atom is 0.322 e. The molecule has 0 amide bonds. The smallest absolute Gasteiger partial charge is 0.322 e. The molecule has 0 saturated heterocycles. The third-order valence-electron chi connectivity index (χ3n) is 2.32. The van der Waals surface area contributed by atoms with Gasteiger partial charge >= 0.3 is 5.97 Å². The van der Waals surface area contributed by atoms with Gasteiger partial charge in [0, 0.05) is 23.7 Å². The van der Waals surface area contributed by atoms with Crippen LogP contribution in [0.15, 0.2) is 18.2 Å². The average molecular weight is 261 g/mol. The number of rotatable bonds is 6. The third kappa shape index (κ3) is 4.30. The van der Waals surface area contributed by atoms with Crippen LogP contribution in [0, 0.1) is 5.82 Å². The Hall–Kier alpha value is -1.17. The van der Waals surface area contributed by atoms with Gasteiger partial charge in [-0.1, -0.05) is 11.6 Å². The zero-order chi connectivity index (χ0) is 12.8. The lowest BCUT2D eigenvalue weighted by Gasteiger charge is -2.12. The van der Waals surface area contributed by atoms with E-state index in [1.54, 1.807) is 7.05 Å². The van der Waals surface area contributed by atoms with Gasteiger partial charge in [0.15, 0.2) is 0 Å². The third-order valence-corrected chi connectivity index (χ3v) is 2.55. The molecule has 1 aromatic carbocycles. The zero-order valence-corrected chi connectivity index (χ0v) is 10.1. The van der Waals surface area contributed by atoms with Gasteiger partial charge < -0.3 is 15.7 Å². The van der Waals surface area contributed by atoms with Crippen LogP contribution in [0.25, 0.3) is 0 Å². The topological polar surface area (TPSA) is 61.4 Å². The molecule has 0 aliphatic carbocycles. The zero-order valence-electron chi connectivity index (χ0n) is 9.34. The van der Waals surface area contributed by atoms with Crippen LogP contribution in [0.3, 0.4) is 0 Å². The van der Waals surface area contributed by atoms with Crippen LogP contribution in [0.2, 0.25) is 5.02 Å². The second kappa shape index (κ2) is 6.54. The van der Waals surface area contributed by atoms with Gasteiger partial charge in [-0.05, 0) is 25.2 Å². The van der Waals surface area contributed by atoms with E-state index in [0.29, 0.717) is 10.6 Å². The fourth-order valence-corrected chi connectivity index (χ4v) is 1.54. The minimum Gasteiger partial charge on any atom is -0.480 e. The van der Waals surface area contributed by atoms with Gasteiger partial charge in [-0.15, -0.1) is 0 Å². The number of benzene rings is 1. The predicted octanol–water partition coefficient (Wildman–Crippen LogP) is 1.24. The summed E-state index contributed by atoms with van der Waals surface area (Å²) in [5.41, 5.74) is 0.415. The lowest BCUT2D eigenvalue weighted by Crippen LogP contribution is -2.42. The van der Waals surface area contributed by atoms with Crippen molar-refractivity contribution in [2.45, 2.75) is 12.6 Å². The van der Waals surface area contributed by atoms with Gasteiger partial charge in [0.2, 0.25) is 0 Å². The fraction of sp³-hybridized carbons (Fsp3) is 0.364. The lowest BCUT2D eigenvalue weighted by molar-refractivity contribution is -0.139. The predicted molar refractivity (Wildman–Crippen MR) is 63.6 cm³/mol. The summed E-state index contributed by atoms with van der Waals surface area (Å²) in [6, 6.07) is 3.57. The molecule has 1 unspecified atom stereocenters. The van der Waals surface area contributed by atoms with Crippen LogP contribution in [-0.4, -0.2) is 30.7 Å². The van der Waals surface area contributed by atoms with E-state index in [0.717, 1.165) is 0 Å². The summed E-state index contributed by atoms with van der Waals surface area (Å²) in [6.07, 6.45) is 0. The van der Waals surface area contributed by atoms with Crippen molar-refractivity contribution in [3.8, 4) is 0 Å². The molecule has 4 nitrogen and oxygen atoms in total. The summed E-state index contributed by atoms with van der Waals surface area (Å²) in [5.74, 6) is -1.32. The Morgan fingerprint density at radius 1 is 1.59 bits per heavy atom. The highest BCUT2D eigenvalue weighted by Crippen LogP contribution is 2.14. The Morgan fingerprint density at radius 2 is 2.29 bits per heavy atom. The molecule has 0 saturated carbocycles.